The number of piperidine rings is 1. The van der Waals surface area contributed by atoms with Crippen LogP contribution in [-0.4, -0.2) is 36.0 Å². The van der Waals surface area contributed by atoms with Crippen molar-refractivity contribution in [3.63, 3.8) is 0 Å². The zero-order valence-electron chi connectivity index (χ0n) is 15.5. The molecule has 1 aliphatic carbocycles. The SMILES string of the molecule is Cc1ccccc1C1C2CN(C(=O)C(Cc3ccccc3)NC(N)=O)CC21. The fourth-order valence-corrected chi connectivity index (χ4v) is 4.57. The second-order valence-corrected chi connectivity index (χ2v) is 7.70. The van der Waals surface area contributed by atoms with Crippen molar-refractivity contribution in [2.75, 3.05) is 13.1 Å². The first-order valence-electron chi connectivity index (χ1n) is 9.49. The van der Waals surface area contributed by atoms with Crippen LogP contribution >= 0.6 is 0 Å². The van der Waals surface area contributed by atoms with Crippen LogP contribution in [0.1, 0.15) is 22.6 Å². The van der Waals surface area contributed by atoms with Gasteiger partial charge in [0.1, 0.15) is 6.04 Å². The van der Waals surface area contributed by atoms with Gasteiger partial charge in [-0.15, -0.1) is 0 Å². The molecule has 5 heteroatoms. The van der Waals surface area contributed by atoms with Crippen molar-refractivity contribution in [2.45, 2.75) is 25.3 Å². The number of nitrogens with one attached hydrogen (secondary N) is 1. The minimum atomic E-state index is -0.661. The van der Waals surface area contributed by atoms with Crippen LogP contribution in [0.15, 0.2) is 54.6 Å². The van der Waals surface area contributed by atoms with Gasteiger partial charge >= 0.3 is 6.03 Å². The predicted octanol–water partition coefficient (Wildman–Crippen LogP) is 2.45. The molecule has 2 aromatic rings. The Morgan fingerprint density at radius 3 is 2.33 bits per heavy atom. The monoisotopic (exact) mass is 363 g/mol. The summed E-state index contributed by atoms with van der Waals surface area (Å²) < 4.78 is 0. The lowest BCUT2D eigenvalue weighted by atomic mass is 10.0. The van der Waals surface area contributed by atoms with Gasteiger partial charge in [0.25, 0.3) is 0 Å². The third kappa shape index (κ3) is 3.54. The van der Waals surface area contributed by atoms with Crippen molar-refractivity contribution in [3.05, 3.63) is 71.3 Å². The Bertz CT molecular complexity index is 840. The molecule has 2 fully saturated rings. The number of likely N-dealkylation sites (tertiary alicyclic amines) is 1. The molecule has 4 rings (SSSR count). The largest absolute Gasteiger partial charge is 0.352 e. The third-order valence-electron chi connectivity index (χ3n) is 5.95. The number of benzene rings is 2. The maximum absolute atomic E-state index is 13.0. The van der Waals surface area contributed by atoms with Crippen molar-refractivity contribution >= 4 is 11.9 Å². The number of carbonyl (C=O) groups is 2. The molecule has 3 amide bonds. The summed E-state index contributed by atoms with van der Waals surface area (Å²) in [5.41, 5.74) is 9.06. The minimum absolute atomic E-state index is 0.0339. The van der Waals surface area contributed by atoms with E-state index in [9.17, 15) is 9.59 Å². The lowest BCUT2D eigenvalue weighted by Crippen LogP contribution is -2.51. The number of rotatable bonds is 5. The Kier molecular flexibility index (Phi) is 4.60. The van der Waals surface area contributed by atoms with E-state index in [4.69, 9.17) is 5.73 Å². The first-order chi connectivity index (χ1) is 13.0. The third-order valence-corrected chi connectivity index (χ3v) is 5.95. The molecule has 5 nitrogen and oxygen atoms in total. The van der Waals surface area contributed by atoms with E-state index >= 15 is 0 Å². The number of fused-ring (bicyclic) bond motifs is 1. The Hall–Kier alpha value is -2.82. The second kappa shape index (κ2) is 7.06. The van der Waals surface area contributed by atoms with Crippen molar-refractivity contribution in [2.24, 2.45) is 17.6 Å². The van der Waals surface area contributed by atoms with E-state index in [2.05, 4.69) is 36.5 Å². The lowest BCUT2D eigenvalue weighted by Gasteiger charge is -2.26. The molecule has 0 aromatic heterocycles. The molecule has 1 saturated carbocycles. The fraction of sp³-hybridized carbons (Fsp3) is 0.364. The van der Waals surface area contributed by atoms with Crippen LogP contribution in [0.3, 0.4) is 0 Å². The molecule has 2 aromatic carbocycles. The smallest absolute Gasteiger partial charge is 0.312 e. The predicted molar refractivity (Wildman–Crippen MR) is 104 cm³/mol. The Labute approximate surface area is 159 Å². The number of aryl methyl sites for hydroxylation is 1. The standard InChI is InChI=1S/C22H25N3O2/c1-14-7-5-6-10-16(14)20-17-12-25(13-18(17)20)21(26)19(24-22(23)27)11-15-8-3-2-4-9-15/h2-10,17-20H,11-13H2,1H3,(H3,23,24,27). The van der Waals surface area contributed by atoms with Crippen LogP contribution in [0.4, 0.5) is 4.79 Å². The topological polar surface area (TPSA) is 75.4 Å². The van der Waals surface area contributed by atoms with Gasteiger partial charge in [-0.1, -0.05) is 54.6 Å². The second-order valence-electron chi connectivity index (χ2n) is 7.70. The molecular weight excluding hydrogens is 338 g/mol. The van der Waals surface area contributed by atoms with Crippen LogP contribution in [0.5, 0.6) is 0 Å². The molecule has 27 heavy (non-hydrogen) atoms. The van der Waals surface area contributed by atoms with Gasteiger partial charge in [0.05, 0.1) is 0 Å². The number of hydrogen-bond acceptors (Lipinski definition) is 2. The summed E-state index contributed by atoms with van der Waals surface area (Å²) in [6, 6.07) is 16.9. The van der Waals surface area contributed by atoms with E-state index in [-0.39, 0.29) is 5.91 Å². The van der Waals surface area contributed by atoms with Gasteiger partial charge in [0.15, 0.2) is 0 Å². The van der Waals surface area contributed by atoms with Crippen molar-refractivity contribution in [1.82, 2.24) is 10.2 Å². The van der Waals surface area contributed by atoms with Crippen molar-refractivity contribution in [3.8, 4) is 0 Å². The Morgan fingerprint density at radius 2 is 1.70 bits per heavy atom. The first kappa shape index (κ1) is 17.6. The minimum Gasteiger partial charge on any atom is -0.352 e. The maximum atomic E-state index is 13.0. The average Bonchev–Trinajstić information content (AvgIpc) is 3.13. The highest BCUT2D eigenvalue weighted by atomic mass is 16.2. The first-order valence-corrected chi connectivity index (χ1v) is 9.49. The van der Waals surface area contributed by atoms with E-state index in [0.29, 0.717) is 24.2 Å². The number of nitrogens with two attached hydrogens (primary N) is 1. The lowest BCUT2D eigenvalue weighted by molar-refractivity contribution is -0.132. The normalized spacial score (nSPS) is 24.2. The molecule has 0 spiro atoms. The summed E-state index contributed by atoms with van der Waals surface area (Å²) >= 11 is 0. The summed E-state index contributed by atoms with van der Waals surface area (Å²) in [5, 5.41) is 2.63. The summed E-state index contributed by atoms with van der Waals surface area (Å²) in [5.74, 6) is 1.59. The zero-order valence-corrected chi connectivity index (χ0v) is 15.5. The van der Waals surface area contributed by atoms with Crippen LogP contribution < -0.4 is 11.1 Å². The highest BCUT2D eigenvalue weighted by Gasteiger charge is 2.57. The number of carbonyl (C=O) groups excluding carboxylic acids is 2. The van der Waals surface area contributed by atoms with Gasteiger partial charge in [-0.05, 0) is 41.4 Å². The number of nitrogens with zero attached hydrogens (tertiary/aromatic N) is 1. The highest BCUT2D eigenvalue weighted by molar-refractivity contribution is 5.87. The van der Waals surface area contributed by atoms with Crippen LogP contribution in [0.2, 0.25) is 0 Å². The summed E-state index contributed by atoms with van der Waals surface area (Å²) in [6.45, 7) is 3.67. The van der Waals surface area contributed by atoms with E-state index in [1.54, 1.807) is 0 Å². The molecule has 0 radical (unpaired) electrons. The summed E-state index contributed by atoms with van der Waals surface area (Å²) in [4.78, 5) is 26.3. The van der Waals surface area contributed by atoms with Crippen molar-refractivity contribution < 1.29 is 9.59 Å². The average molecular weight is 363 g/mol. The van der Waals surface area contributed by atoms with Crippen molar-refractivity contribution in [1.29, 1.82) is 0 Å². The highest BCUT2D eigenvalue weighted by Crippen LogP contribution is 2.58. The van der Waals surface area contributed by atoms with E-state index < -0.39 is 12.1 Å². The molecule has 1 aliphatic heterocycles. The molecule has 2 aliphatic rings. The zero-order chi connectivity index (χ0) is 19.0. The molecule has 1 saturated heterocycles. The summed E-state index contributed by atoms with van der Waals surface area (Å²) in [7, 11) is 0. The number of amides is 3. The molecule has 140 valence electrons. The van der Waals surface area contributed by atoms with E-state index in [1.807, 2.05) is 35.2 Å². The fourth-order valence-electron chi connectivity index (χ4n) is 4.57. The number of primary amides is 1. The maximum Gasteiger partial charge on any atom is 0.312 e. The molecule has 3 unspecified atom stereocenters. The molecule has 0 bridgehead atoms. The van der Waals surface area contributed by atoms with Gasteiger partial charge in [0.2, 0.25) is 5.91 Å². The van der Waals surface area contributed by atoms with Gasteiger partial charge in [-0.3, -0.25) is 4.79 Å². The van der Waals surface area contributed by atoms with Gasteiger partial charge in [-0.25, -0.2) is 4.79 Å². The van der Waals surface area contributed by atoms with Gasteiger partial charge in [0, 0.05) is 19.5 Å². The number of urea groups is 1. The quantitative estimate of drug-likeness (QED) is 0.856. The van der Waals surface area contributed by atoms with Gasteiger partial charge in [-0.2, -0.15) is 0 Å². The summed E-state index contributed by atoms with van der Waals surface area (Å²) in [6.07, 6.45) is 0.454. The molecular formula is C22H25N3O2. The van der Waals surface area contributed by atoms with E-state index in [1.165, 1.54) is 11.1 Å². The Balaban J connectivity index is 1.42. The van der Waals surface area contributed by atoms with Gasteiger partial charge < -0.3 is 16.0 Å². The van der Waals surface area contributed by atoms with E-state index in [0.717, 1.165) is 18.7 Å². The number of hydrogen-bond donors (Lipinski definition) is 2. The van der Waals surface area contributed by atoms with Crippen LogP contribution in [-0.2, 0) is 11.2 Å². The molecule has 3 atom stereocenters. The van der Waals surface area contributed by atoms with Crippen LogP contribution in [0.25, 0.3) is 0 Å². The van der Waals surface area contributed by atoms with Crippen LogP contribution in [0, 0.1) is 18.8 Å². The molecule has 1 heterocycles. The molecule has 3 N–H and O–H groups in total. The Morgan fingerprint density at radius 1 is 1.07 bits per heavy atom.